The second kappa shape index (κ2) is 21.0. The van der Waals surface area contributed by atoms with Gasteiger partial charge in [-0.3, -0.25) is 9.05 Å². The molecule has 2 unspecified atom stereocenters. The largest absolute Gasteiger partial charge is 0.472 e. The number of aromatic nitrogens is 3. The van der Waals surface area contributed by atoms with E-state index in [1.807, 2.05) is 25.1 Å². The molecular weight excluding hydrogens is 818 g/mol. The highest BCUT2D eigenvalue weighted by Crippen LogP contribution is 2.69. The molecule has 2 aliphatic heterocycles. The lowest BCUT2D eigenvalue weighted by atomic mass is 9.91. The highest BCUT2D eigenvalue weighted by Gasteiger charge is 2.88. The minimum absolute atomic E-state index is 0.157. The Hall–Kier alpha value is -1.87. The SMILES string of the molecule is CCCCCCCCCCCCCCCCCCOC[C@H](COP(=O)(O)OC1[C@H]2O[C@@](C)(c3ccc4c(N)ncnn34)[C@@H]3OC(C)(C)O[C@]123)OCc1ccc(Cl)c(Cl)c1. The summed E-state index contributed by atoms with van der Waals surface area (Å²) in [5.74, 6) is -0.707. The zero-order valence-electron chi connectivity index (χ0n) is 35.3. The molecule has 3 aliphatic rings. The maximum Gasteiger partial charge on any atom is 0.472 e. The van der Waals surface area contributed by atoms with E-state index in [2.05, 4.69) is 17.0 Å². The van der Waals surface area contributed by atoms with Gasteiger partial charge in [0.1, 0.15) is 41.9 Å². The number of nitrogens with zero attached hydrogens (tertiary/aromatic N) is 3. The summed E-state index contributed by atoms with van der Waals surface area (Å²) in [7, 11) is -4.66. The fourth-order valence-corrected chi connectivity index (χ4v) is 9.90. The van der Waals surface area contributed by atoms with Gasteiger partial charge >= 0.3 is 7.82 Å². The molecule has 6 rings (SSSR count). The molecule has 13 nitrogen and oxygen atoms in total. The third-order valence-corrected chi connectivity index (χ3v) is 13.4. The number of fused-ring (bicyclic) bond motifs is 1. The van der Waals surface area contributed by atoms with E-state index in [0.29, 0.717) is 33.7 Å². The number of benzene rings is 1. The van der Waals surface area contributed by atoms with Gasteiger partial charge < -0.3 is 34.3 Å². The van der Waals surface area contributed by atoms with Gasteiger partial charge in [-0.15, -0.1) is 0 Å². The summed E-state index contributed by atoms with van der Waals surface area (Å²) in [4.78, 5) is 15.1. The number of ether oxygens (including phenoxy) is 5. The van der Waals surface area contributed by atoms with Crippen LogP contribution in [0, 0.1) is 0 Å². The first-order valence-corrected chi connectivity index (χ1v) is 24.0. The number of rotatable bonds is 28. The van der Waals surface area contributed by atoms with Crippen molar-refractivity contribution in [1.29, 1.82) is 0 Å². The summed E-state index contributed by atoms with van der Waals surface area (Å²) in [6.45, 7) is 8.32. The first-order valence-electron chi connectivity index (χ1n) is 21.7. The molecule has 1 spiro atoms. The lowest BCUT2D eigenvalue weighted by Crippen LogP contribution is -2.45. The maximum absolute atomic E-state index is 13.5. The van der Waals surface area contributed by atoms with E-state index in [1.54, 1.807) is 30.5 Å². The van der Waals surface area contributed by atoms with E-state index in [1.165, 1.54) is 96.2 Å². The van der Waals surface area contributed by atoms with Crippen LogP contribution in [-0.4, -0.2) is 75.1 Å². The van der Waals surface area contributed by atoms with Crippen LogP contribution in [0.25, 0.3) is 5.52 Å². The first kappa shape index (κ1) is 46.6. The van der Waals surface area contributed by atoms with Gasteiger partial charge in [0.25, 0.3) is 0 Å². The molecule has 0 amide bonds. The number of nitrogens with two attached hydrogens (primary N) is 1. The number of phosphoric ester groups is 1. The van der Waals surface area contributed by atoms with Crippen LogP contribution in [-0.2, 0) is 49.5 Å². The zero-order chi connectivity index (χ0) is 42.1. The average molecular weight is 884 g/mol. The maximum atomic E-state index is 13.5. The summed E-state index contributed by atoms with van der Waals surface area (Å²) >= 11 is 12.3. The Morgan fingerprint density at radius 1 is 0.881 bits per heavy atom. The van der Waals surface area contributed by atoms with Gasteiger partial charge in [0, 0.05) is 6.61 Å². The number of unbranched alkanes of at least 4 members (excludes halogenated alkanes) is 15. The number of hydrogen-bond donors (Lipinski definition) is 2. The summed E-state index contributed by atoms with van der Waals surface area (Å²) in [5.41, 5.74) is 5.95. The standard InChI is InChI=1S/C43H65Cl2N4O9P/c1-5-6-7-8-9-10-11-12-13-14-15-16-17-18-19-20-25-52-28-32(53-27-31-21-22-33(44)34(45)26-31)29-54-59(50,51)57-38-37-43(38)40(56-41(2,3)58-43)42(4,55-37)36-24-23-35-39(46)47-30-48-49(35)36/h21-24,26,30,32,37-38,40H,5-20,25,27-29H2,1-4H3,(H,50,51)(H2,46,47,48)/t32-,37-,38?,40+,42+,43+/m1/s1. The van der Waals surface area contributed by atoms with Crippen molar-refractivity contribution in [2.75, 3.05) is 25.6 Å². The van der Waals surface area contributed by atoms with Gasteiger partial charge in [0.2, 0.25) is 0 Å². The Morgan fingerprint density at radius 2 is 1.53 bits per heavy atom. The average Bonchev–Trinajstić information content (AvgIpc) is 3.52. The van der Waals surface area contributed by atoms with Gasteiger partial charge in [0.05, 0.1) is 35.6 Å². The molecule has 2 saturated heterocycles. The number of phosphoric acid groups is 1. The molecule has 3 fully saturated rings. The van der Waals surface area contributed by atoms with E-state index in [4.69, 9.17) is 61.7 Å². The molecule has 0 bridgehead atoms. The smallest absolute Gasteiger partial charge is 0.382 e. The molecule has 0 radical (unpaired) electrons. The van der Waals surface area contributed by atoms with Crippen molar-refractivity contribution in [2.24, 2.45) is 0 Å². The fourth-order valence-electron chi connectivity index (χ4n) is 8.61. The molecule has 1 aromatic carbocycles. The molecule has 7 atom stereocenters. The lowest BCUT2D eigenvalue weighted by Gasteiger charge is -2.33. The van der Waals surface area contributed by atoms with E-state index in [-0.39, 0.29) is 19.8 Å². The van der Waals surface area contributed by atoms with Crippen molar-refractivity contribution in [1.82, 2.24) is 14.6 Å². The van der Waals surface area contributed by atoms with Crippen molar-refractivity contribution in [3.05, 3.63) is 58.0 Å². The molecule has 330 valence electrons. The lowest BCUT2D eigenvalue weighted by molar-refractivity contribution is -0.196. The van der Waals surface area contributed by atoms with Gasteiger partial charge in [-0.1, -0.05) is 133 Å². The van der Waals surface area contributed by atoms with Crippen LogP contribution < -0.4 is 5.73 Å². The number of halogens is 2. The summed E-state index contributed by atoms with van der Waals surface area (Å²) in [5, 5.41) is 5.23. The third-order valence-electron chi connectivity index (χ3n) is 11.7. The van der Waals surface area contributed by atoms with Crippen LogP contribution in [0.15, 0.2) is 36.7 Å². The Morgan fingerprint density at radius 3 is 2.17 bits per heavy atom. The van der Waals surface area contributed by atoms with E-state index >= 15 is 0 Å². The Kier molecular flexibility index (Phi) is 16.6. The van der Waals surface area contributed by atoms with Crippen molar-refractivity contribution in [3.8, 4) is 0 Å². The molecule has 1 aliphatic carbocycles. The zero-order valence-corrected chi connectivity index (χ0v) is 37.7. The fraction of sp³-hybridized carbons (Fsp3) is 0.721. The topological polar surface area (TPSA) is 158 Å². The van der Waals surface area contributed by atoms with Gasteiger partial charge in [0.15, 0.2) is 17.2 Å². The van der Waals surface area contributed by atoms with Crippen molar-refractivity contribution >= 4 is 42.4 Å². The molecule has 1 saturated carbocycles. The Bertz CT molecular complexity index is 1850. The van der Waals surface area contributed by atoms with Gasteiger partial charge in [-0.25, -0.2) is 14.1 Å². The van der Waals surface area contributed by atoms with Crippen LogP contribution in [0.1, 0.15) is 142 Å². The monoisotopic (exact) mass is 882 g/mol. The predicted molar refractivity (Wildman–Crippen MR) is 228 cm³/mol. The number of hydrogen-bond acceptors (Lipinski definition) is 11. The van der Waals surface area contributed by atoms with Gasteiger partial charge in [-0.2, -0.15) is 5.10 Å². The third kappa shape index (κ3) is 11.8. The summed E-state index contributed by atoms with van der Waals surface area (Å²) < 4.78 is 58.1. The van der Waals surface area contributed by atoms with Crippen molar-refractivity contribution < 1.29 is 42.2 Å². The molecule has 4 heterocycles. The highest BCUT2D eigenvalue weighted by molar-refractivity contribution is 7.47. The van der Waals surface area contributed by atoms with Crippen LogP contribution in [0.2, 0.25) is 10.0 Å². The molecule has 59 heavy (non-hydrogen) atoms. The summed E-state index contributed by atoms with van der Waals surface area (Å²) in [6.07, 6.45) is 19.1. The number of nitrogen functional groups attached to an aromatic ring is 1. The molecule has 3 aromatic rings. The normalized spacial score (nSPS) is 25.9. The minimum atomic E-state index is -4.66. The molecule has 16 heteroatoms. The van der Waals surface area contributed by atoms with Gasteiger partial charge in [-0.05, 0) is 57.0 Å². The summed E-state index contributed by atoms with van der Waals surface area (Å²) in [6, 6.07) is 8.89. The molecular formula is C43H65Cl2N4O9P. The number of anilines is 1. The van der Waals surface area contributed by atoms with Crippen LogP contribution in [0.3, 0.4) is 0 Å². The molecule has 3 N–H and O–H groups in total. The van der Waals surface area contributed by atoms with Crippen molar-refractivity contribution in [2.45, 2.75) is 178 Å². The van der Waals surface area contributed by atoms with Crippen LogP contribution in [0.5, 0.6) is 0 Å². The highest BCUT2D eigenvalue weighted by atomic mass is 35.5. The minimum Gasteiger partial charge on any atom is -0.382 e. The van der Waals surface area contributed by atoms with E-state index in [9.17, 15) is 9.46 Å². The second-order valence-corrected chi connectivity index (χ2v) is 19.2. The Balaban J connectivity index is 0.944. The van der Waals surface area contributed by atoms with Crippen LogP contribution in [0.4, 0.5) is 5.82 Å². The second-order valence-electron chi connectivity index (χ2n) is 17.0. The van der Waals surface area contributed by atoms with Crippen LogP contribution >= 0.6 is 31.0 Å². The van der Waals surface area contributed by atoms with E-state index < -0.39 is 49.2 Å². The first-order chi connectivity index (χ1) is 28.3. The predicted octanol–water partition coefficient (Wildman–Crippen LogP) is 10.5. The Labute approximate surface area is 359 Å². The van der Waals surface area contributed by atoms with E-state index in [0.717, 1.165) is 18.4 Å². The molecule has 2 aromatic heterocycles. The van der Waals surface area contributed by atoms with Crippen molar-refractivity contribution in [3.63, 3.8) is 0 Å². The quantitative estimate of drug-likeness (QED) is 0.0526.